The third-order valence-corrected chi connectivity index (χ3v) is 12.6. The Morgan fingerprint density at radius 2 is 0.648 bits per heavy atom. The highest BCUT2D eigenvalue weighted by Crippen LogP contribution is 2.39. The minimum atomic E-state index is 0.0842. The lowest BCUT2D eigenvalue weighted by molar-refractivity contribution is 0.590. The van der Waals surface area contributed by atoms with Crippen LogP contribution in [0.1, 0.15) is 52.7 Å². The summed E-state index contributed by atoms with van der Waals surface area (Å²) in [5.74, 6) is 0. The van der Waals surface area contributed by atoms with Gasteiger partial charge in [0.1, 0.15) is 0 Å². The summed E-state index contributed by atoms with van der Waals surface area (Å²) in [6, 6.07) is 58.3. The zero-order valence-corrected chi connectivity index (χ0v) is 33.4. The van der Waals surface area contributed by atoms with Crippen molar-refractivity contribution in [2.24, 2.45) is 0 Å². The van der Waals surface area contributed by atoms with Gasteiger partial charge in [-0.1, -0.05) is 114 Å². The van der Waals surface area contributed by atoms with E-state index in [-0.39, 0.29) is 10.8 Å². The fourth-order valence-electron chi connectivity index (χ4n) is 7.61. The number of nitrogens with zero attached hydrogens (tertiary/aromatic N) is 2. The average Bonchev–Trinajstić information content (AvgIpc) is 3.68. The molecule has 0 aliphatic carbocycles. The van der Waals surface area contributed by atoms with Crippen molar-refractivity contribution in [3.8, 4) is 11.4 Å². The first-order valence-corrected chi connectivity index (χ1v) is 20.4. The Hall–Kier alpha value is -5.16. The maximum absolute atomic E-state index is 2.43. The second-order valence-electron chi connectivity index (χ2n) is 16.3. The molecule has 0 bridgehead atoms. The van der Waals surface area contributed by atoms with Gasteiger partial charge in [-0.05, 0) is 131 Å². The Bertz CT molecular complexity index is 2680. The van der Waals surface area contributed by atoms with Crippen molar-refractivity contribution in [3.63, 3.8) is 0 Å². The third-order valence-electron chi connectivity index (χ3n) is 10.6. The molecular formula is C50H44N2S2. The molecule has 266 valence electrons. The van der Waals surface area contributed by atoms with E-state index in [4.69, 9.17) is 0 Å². The molecule has 0 radical (unpaired) electrons. The van der Waals surface area contributed by atoms with E-state index in [9.17, 15) is 0 Å². The molecule has 9 rings (SSSR count). The van der Waals surface area contributed by atoms with Crippen molar-refractivity contribution in [1.29, 1.82) is 0 Å². The summed E-state index contributed by atoms with van der Waals surface area (Å²) in [7, 11) is 0. The molecule has 2 aromatic heterocycles. The summed E-state index contributed by atoms with van der Waals surface area (Å²) in [6.45, 7) is 13.8. The van der Waals surface area contributed by atoms with Crippen LogP contribution in [0.5, 0.6) is 0 Å². The van der Waals surface area contributed by atoms with E-state index in [1.54, 1.807) is 23.5 Å². The lowest BCUT2D eigenvalue weighted by Gasteiger charge is -2.19. The predicted octanol–water partition coefficient (Wildman–Crippen LogP) is 14.8. The number of fused-ring (bicyclic) bond motifs is 6. The highest BCUT2D eigenvalue weighted by Gasteiger charge is 2.21. The Labute approximate surface area is 326 Å². The van der Waals surface area contributed by atoms with Crippen LogP contribution in [-0.4, -0.2) is 9.13 Å². The van der Waals surface area contributed by atoms with Crippen LogP contribution in [0.3, 0.4) is 0 Å². The van der Waals surface area contributed by atoms with Gasteiger partial charge in [-0.3, -0.25) is 0 Å². The molecule has 4 heteroatoms. The Balaban J connectivity index is 0.939. The van der Waals surface area contributed by atoms with Gasteiger partial charge in [-0.2, -0.15) is 0 Å². The smallest absolute Gasteiger partial charge is 0.0541 e. The molecule has 0 saturated heterocycles. The molecular weight excluding hydrogens is 693 g/mol. The highest BCUT2D eigenvalue weighted by molar-refractivity contribution is 7.99. The topological polar surface area (TPSA) is 9.86 Å². The minimum Gasteiger partial charge on any atom is -0.309 e. The van der Waals surface area contributed by atoms with Crippen molar-refractivity contribution < 1.29 is 0 Å². The maximum Gasteiger partial charge on any atom is 0.0541 e. The monoisotopic (exact) mass is 736 g/mol. The van der Waals surface area contributed by atoms with Crippen LogP contribution in [0.4, 0.5) is 0 Å². The summed E-state index contributed by atoms with van der Waals surface area (Å²) in [4.78, 5) is 4.92. The number of hydrogen-bond acceptors (Lipinski definition) is 2. The summed E-state index contributed by atoms with van der Waals surface area (Å²) in [6.07, 6.45) is 0. The van der Waals surface area contributed by atoms with Crippen molar-refractivity contribution in [2.75, 3.05) is 0 Å². The lowest BCUT2D eigenvalue weighted by Crippen LogP contribution is -2.10. The second kappa shape index (κ2) is 13.3. The summed E-state index contributed by atoms with van der Waals surface area (Å²) < 4.78 is 4.80. The largest absolute Gasteiger partial charge is 0.309 e. The zero-order chi connectivity index (χ0) is 37.2. The van der Waals surface area contributed by atoms with Crippen LogP contribution < -0.4 is 0 Å². The SMILES string of the molecule is CC(C)(C)c1ccc2c(c1)c1cc(C(C)(C)C)ccc1n2-c1ccc(Sc2ccc(Sc3ccc(-n4c5ccccc5c5ccccc54)cc3)cc2)cc1. The fourth-order valence-corrected chi connectivity index (χ4v) is 9.24. The number of para-hydroxylation sites is 2. The first kappa shape index (κ1) is 34.6. The molecule has 9 aromatic rings. The quantitative estimate of drug-likeness (QED) is 0.168. The molecule has 0 spiro atoms. The fraction of sp³-hybridized carbons (Fsp3) is 0.160. The van der Waals surface area contributed by atoms with Gasteiger partial charge in [0.2, 0.25) is 0 Å². The van der Waals surface area contributed by atoms with Crippen LogP contribution in [-0.2, 0) is 10.8 Å². The van der Waals surface area contributed by atoms with E-state index in [2.05, 4.69) is 208 Å². The molecule has 0 fully saturated rings. The molecule has 0 atom stereocenters. The van der Waals surface area contributed by atoms with Crippen LogP contribution in [0.25, 0.3) is 55.0 Å². The van der Waals surface area contributed by atoms with Gasteiger partial charge in [-0.15, -0.1) is 0 Å². The first-order chi connectivity index (χ1) is 26.0. The number of hydrogen-bond donors (Lipinski definition) is 0. The summed E-state index contributed by atoms with van der Waals surface area (Å²) in [5.41, 5.74) is 10.2. The molecule has 0 unspecified atom stereocenters. The first-order valence-electron chi connectivity index (χ1n) is 18.8. The van der Waals surface area contributed by atoms with E-state index < -0.39 is 0 Å². The molecule has 0 amide bonds. The van der Waals surface area contributed by atoms with Crippen LogP contribution in [0.2, 0.25) is 0 Å². The molecule has 0 aliphatic rings. The molecule has 0 aliphatic heterocycles. The van der Waals surface area contributed by atoms with Gasteiger partial charge in [0, 0.05) is 52.5 Å². The maximum atomic E-state index is 2.43. The average molecular weight is 737 g/mol. The van der Waals surface area contributed by atoms with E-state index in [1.807, 2.05) is 0 Å². The number of aromatic nitrogens is 2. The van der Waals surface area contributed by atoms with Gasteiger partial charge in [0.25, 0.3) is 0 Å². The van der Waals surface area contributed by atoms with E-state index in [0.29, 0.717) is 0 Å². The van der Waals surface area contributed by atoms with Gasteiger partial charge >= 0.3 is 0 Å². The Morgan fingerprint density at radius 1 is 0.333 bits per heavy atom. The zero-order valence-electron chi connectivity index (χ0n) is 31.7. The molecule has 0 N–H and O–H groups in total. The van der Waals surface area contributed by atoms with E-state index in [0.717, 1.165) is 0 Å². The molecule has 0 saturated carbocycles. The van der Waals surface area contributed by atoms with Crippen molar-refractivity contribution in [1.82, 2.24) is 9.13 Å². The van der Waals surface area contributed by atoms with Crippen LogP contribution in [0, 0.1) is 0 Å². The Morgan fingerprint density at radius 3 is 1.00 bits per heavy atom. The van der Waals surface area contributed by atoms with Crippen molar-refractivity contribution in [2.45, 2.75) is 72.0 Å². The molecule has 7 aromatic carbocycles. The van der Waals surface area contributed by atoms with Crippen molar-refractivity contribution in [3.05, 3.63) is 169 Å². The number of benzene rings is 7. The standard InChI is InChI=1S/C50H44N2S2/c1-49(2,3)33-15-29-47-43(31-33)44-32-34(50(4,5)6)16-30-48(44)52(47)36-19-23-38(24-20-36)54-40-27-25-39(26-28-40)53-37-21-17-35(18-22-37)51-45-13-9-7-11-41(45)42-12-8-10-14-46(42)51/h7-32H,1-6H3. The van der Waals surface area contributed by atoms with Gasteiger partial charge < -0.3 is 9.13 Å². The van der Waals surface area contributed by atoms with Crippen LogP contribution >= 0.6 is 23.5 Å². The molecule has 2 nitrogen and oxygen atoms in total. The number of rotatable bonds is 6. The highest BCUT2D eigenvalue weighted by atomic mass is 32.2. The van der Waals surface area contributed by atoms with E-state index in [1.165, 1.54) is 85.7 Å². The minimum absolute atomic E-state index is 0.0842. The van der Waals surface area contributed by atoms with Crippen LogP contribution in [0.15, 0.2) is 177 Å². The predicted molar refractivity (Wildman–Crippen MR) is 234 cm³/mol. The second-order valence-corrected chi connectivity index (χ2v) is 18.6. The Kier molecular flexibility index (Phi) is 8.52. The lowest BCUT2D eigenvalue weighted by atomic mass is 9.85. The molecule has 2 heterocycles. The molecule has 54 heavy (non-hydrogen) atoms. The van der Waals surface area contributed by atoms with Gasteiger partial charge in [0.15, 0.2) is 0 Å². The summed E-state index contributed by atoms with van der Waals surface area (Å²) in [5, 5.41) is 5.21. The third kappa shape index (κ3) is 6.32. The van der Waals surface area contributed by atoms with Gasteiger partial charge in [0.05, 0.1) is 22.1 Å². The normalized spacial score (nSPS) is 12.4. The summed E-state index contributed by atoms with van der Waals surface area (Å²) >= 11 is 3.61. The van der Waals surface area contributed by atoms with Gasteiger partial charge in [-0.25, -0.2) is 0 Å². The van der Waals surface area contributed by atoms with E-state index >= 15 is 0 Å². The van der Waals surface area contributed by atoms with Crippen molar-refractivity contribution >= 4 is 67.1 Å².